The minimum Gasteiger partial charge on any atom is -0.496 e. The van der Waals surface area contributed by atoms with Crippen LogP contribution in [-0.4, -0.2) is 25.9 Å². The van der Waals surface area contributed by atoms with Crippen LogP contribution in [0.1, 0.15) is 0 Å². The Kier molecular flexibility index (Phi) is 4.78. The summed E-state index contributed by atoms with van der Waals surface area (Å²) in [6.07, 6.45) is 0. The lowest BCUT2D eigenvalue weighted by Gasteiger charge is -2.07. The summed E-state index contributed by atoms with van der Waals surface area (Å²) in [5.74, 6) is 0.669. The van der Waals surface area contributed by atoms with Crippen molar-refractivity contribution in [1.82, 2.24) is 0 Å². The molecule has 0 unspecified atom stereocenters. The average Bonchev–Trinajstić information content (AvgIpc) is 2.26. The van der Waals surface area contributed by atoms with E-state index in [1.54, 1.807) is 25.3 Å². The highest BCUT2D eigenvalue weighted by Crippen LogP contribution is 2.31. The number of hydrogen-bond acceptors (Lipinski definition) is 4. The molecule has 0 aliphatic rings. The summed E-state index contributed by atoms with van der Waals surface area (Å²) >= 11 is 7.17. The van der Waals surface area contributed by atoms with Gasteiger partial charge in [-0.2, -0.15) is 0 Å². The Labute approximate surface area is 97.7 Å². The Balaban J connectivity index is 2.74. The SMILES string of the molecule is COC(=O)CSc1cc(Cl)ccc1OC. The van der Waals surface area contributed by atoms with Gasteiger partial charge < -0.3 is 9.47 Å². The van der Waals surface area contributed by atoms with Crippen LogP contribution in [-0.2, 0) is 9.53 Å². The van der Waals surface area contributed by atoms with Gasteiger partial charge in [-0.1, -0.05) is 11.6 Å². The molecule has 0 aliphatic heterocycles. The maximum atomic E-state index is 11.0. The number of halogens is 1. The predicted molar refractivity (Wildman–Crippen MR) is 60.7 cm³/mol. The first-order valence-corrected chi connectivity index (χ1v) is 5.57. The zero-order chi connectivity index (χ0) is 11.3. The van der Waals surface area contributed by atoms with Crippen molar-refractivity contribution in [2.75, 3.05) is 20.0 Å². The third-order valence-electron chi connectivity index (χ3n) is 1.70. The first-order chi connectivity index (χ1) is 7.17. The fourth-order valence-electron chi connectivity index (χ4n) is 0.959. The molecule has 1 rings (SSSR count). The minimum absolute atomic E-state index is 0.243. The summed E-state index contributed by atoms with van der Waals surface area (Å²) < 4.78 is 9.68. The summed E-state index contributed by atoms with van der Waals surface area (Å²) in [5.41, 5.74) is 0. The Morgan fingerprint density at radius 3 is 2.80 bits per heavy atom. The largest absolute Gasteiger partial charge is 0.496 e. The Bertz CT molecular complexity index is 355. The standard InChI is InChI=1S/C10H11ClO3S/c1-13-8-4-3-7(11)5-9(8)15-6-10(12)14-2/h3-5H,6H2,1-2H3. The van der Waals surface area contributed by atoms with Crippen LogP contribution in [0.3, 0.4) is 0 Å². The summed E-state index contributed by atoms with van der Waals surface area (Å²) in [7, 11) is 2.93. The van der Waals surface area contributed by atoms with Crippen molar-refractivity contribution in [3.63, 3.8) is 0 Å². The third kappa shape index (κ3) is 3.64. The van der Waals surface area contributed by atoms with E-state index in [4.69, 9.17) is 16.3 Å². The molecular weight excluding hydrogens is 236 g/mol. The average molecular weight is 247 g/mol. The van der Waals surface area contributed by atoms with Crippen LogP contribution < -0.4 is 4.74 Å². The van der Waals surface area contributed by atoms with E-state index in [1.165, 1.54) is 18.9 Å². The van der Waals surface area contributed by atoms with E-state index in [2.05, 4.69) is 4.74 Å². The molecular formula is C10H11ClO3S. The molecule has 0 N–H and O–H groups in total. The molecule has 3 nitrogen and oxygen atoms in total. The minimum atomic E-state index is -0.276. The highest BCUT2D eigenvalue weighted by molar-refractivity contribution is 8.00. The highest BCUT2D eigenvalue weighted by Gasteiger charge is 2.07. The Morgan fingerprint density at radius 2 is 2.20 bits per heavy atom. The van der Waals surface area contributed by atoms with Crippen LogP contribution in [0.4, 0.5) is 0 Å². The number of esters is 1. The van der Waals surface area contributed by atoms with Crippen LogP contribution in [0.15, 0.2) is 23.1 Å². The second-order valence-corrected chi connectivity index (χ2v) is 4.11. The molecule has 0 aromatic heterocycles. The number of benzene rings is 1. The normalized spacial score (nSPS) is 9.80. The molecule has 0 radical (unpaired) electrons. The van der Waals surface area contributed by atoms with Gasteiger partial charge in [0.15, 0.2) is 0 Å². The highest BCUT2D eigenvalue weighted by atomic mass is 35.5. The number of ether oxygens (including phenoxy) is 2. The first-order valence-electron chi connectivity index (χ1n) is 4.20. The van der Waals surface area contributed by atoms with E-state index >= 15 is 0 Å². The summed E-state index contributed by atoms with van der Waals surface area (Å²) in [5, 5.41) is 0.614. The zero-order valence-corrected chi connectivity index (χ0v) is 10.0. The van der Waals surface area contributed by atoms with Crippen molar-refractivity contribution < 1.29 is 14.3 Å². The lowest BCUT2D eigenvalue weighted by molar-refractivity contribution is -0.137. The number of methoxy groups -OCH3 is 2. The molecule has 0 atom stereocenters. The van der Waals surface area contributed by atoms with Crippen molar-refractivity contribution >= 4 is 29.3 Å². The molecule has 0 bridgehead atoms. The van der Waals surface area contributed by atoms with Crippen LogP contribution in [0.5, 0.6) is 5.75 Å². The Morgan fingerprint density at radius 1 is 1.47 bits per heavy atom. The summed E-state index contributed by atoms with van der Waals surface area (Å²) in [4.78, 5) is 11.8. The smallest absolute Gasteiger partial charge is 0.315 e. The van der Waals surface area contributed by atoms with Gasteiger partial charge in [0.05, 0.1) is 24.9 Å². The van der Waals surface area contributed by atoms with E-state index in [1.807, 2.05) is 0 Å². The quantitative estimate of drug-likeness (QED) is 0.604. The van der Waals surface area contributed by atoms with Crippen LogP contribution in [0, 0.1) is 0 Å². The molecule has 0 aliphatic carbocycles. The monoisotopic (exact) mass is 246 g/mol. The fourth-order valence-corrected chi connectivity index (χ4v) is 2.09. The molecule has 1 aromatic carbocycles. The molecule has 82 valence electrons. The molecule has 0 spiro atoms. The topological polar surface area (TPSA) is 35.5 Å². The van der Waals surface area contributed by atoms with Gasteiger partial charge in [0.1, 0.15) is 5.75 Å². The van der Waals surface area contributed by atoms with Crippen LogP contribution >= 0.6 is 23.4 Å². The zero-order valence-electron chi connectivity index (χ0n) is 8.45. The predicted octanol–water partition coefficient (Wildman–Crippen LogP) is 2.61. The molecule has 0 saturated carbocycles. The van der Waals surface area contributed by atoms with Gasteiger partial charge in [0.2, 0.25) is 0 Å². The molecule has 1 aromatic rings. The van der Waals surface area contributed by atoms with E-state index in [0.29, 0.717) is 10.8 Å². The maximum Gasteiger partial charge on any atom is 0.315 e. The lowest BCUT2D eigenvalue weighted by atomic mass is 10.3. The van der Waals surface area contributed by atoms with E-state index < -0.39 is 0 Å². The van der Waals surface area contributed by atoms with Gasteiger partial charge in [-0.3, -0.25) is 4.79 Å². The molecule has 15 heavy (non-hydrogen) atoms. The third-order valence-corrected chi connectivity index (χ3v) is 2.94. The van der Waals surface area contributed by atoms with Crippen LogP contribution in [0.2, 0.25) is 5.02 Å². The van der Waals surface area contributed by atoms with Crippen molar-refractivity contribution in [2.24, 2.45) is 0 Å². The first kappa shape index (κ1) is 12.2. The summed E-state index contributed by atoms with van der Waals surface area (Å²) in [6.45, 7) is 0. The van der Waals surface area contributed by atoms with Crippen molar-refractivity contribution in [3.8, 4) is 5.75 Å². The lowest BCUT2D eigenvalue weighted by Crippen LogP contribution is -2.03. The van der Waals surface area contributed by atoms with Crippen molar-refractivity contribution in [1.29, 1.82) is 0 Å². The van der Waals surface area contributed by atoms with E-state index in [0.717, 1.165) is 4.90 Å². The van der Waals surface area contributed by atoms with E-state index in [9.17, 15) is 4.79 Å². The fraction of sp³-hybridized carbons (Fsp3) is 0.300. The van der Waals surface area contributed by atoms with Gasteiger partial charge in [-0.25, -0.2) is 0 Å². The molecule has 0 heterocycles. The molecule has 0 saturated heterocycles. The molecule has 5 heteroatoms. The number of thioether (sulfide) groups is 1. The number of carbonyl (C=O) groups excluding carboxylic acids is 1. The number of carbonyl (C=O) groups is 1. The second kappa shape index (κ2) is 5.88. The van der Waals surface area contributed by atoms with Crippen molar-refractivity contribution in [2.45, 2.75) is 4.90 Å². The number of hydrogen-bond donors (Lipinski definition) is 0. The van der Waals surface area contributed by atoms with E-state index in [-0.39, 0.29) is 11.7 Å². The summed E-state index contributed by atoms with van der Waals surface area (Å²) in [6, 6.07) is 5.26. The van der Waals surface area contributed by atoms with Gasteiger partial charge >= 0.3 is 5.97 Å². The van der Waals surface area contributed by atoms with Gasteiger partial charge in [-0.05, 0) is 18.2 Å². The molecule has 0 amide bonds. The van der Waals surface area contributed by atoms with Gasteiger partial charge in [0.25, 0.3) is 0 Å². The second-order valence-electron chi connectivity index (χ2n) is 2.66. The molecule has 0 fully saturated rings. The number of rotatable bonds is 4. The van der Waals surface area contributed by atoms with Crippen LogP contribution in [0.25, 0.3) is 0 Å². The Hall–Kier alpha value is -0.870. The van der Waals surface area contributed by atoms with Gasteiger partial charge in [-0.15, -0.1) is 11.8 Å². The van der Waals surface area contributed by atoms with Gasteiger partial charge in [0, 0.05) is 5.02 Å². The van der Waals surface area contributed by atoms with Crippen molar-refractivity contribution in [3.05, 3.63) is 23.2 Å². The maximum absolute atomic E-state index is 11.0.